The number of anilines is 1. The van der Waals surface area contributed by atoms with Gasteiger partial charge in [-0.25, -0.2) is 4.98 Å². The van der Waals surface area contributed by atoms with E-state index in [0.717, 1.165) is 14.8 Å². The maximum atomic E-state index is 12.3. The Morgan fingerprint density at radius 2 is 2.05 bits per heavy atom. The van der Waals surface area contributed by atoms with E-state index in [9.17, 15) is 4.79 Å². The molecule has 0 spiro atoms. The van der Waals surface area contributed by atoms with Crippen molar-refractivity contribution in [2.75, 3.05) is 12.4 Å². The van der Waals surface area contributed by atoms with Crippen LogP contribution in [-0.2, 0) is 0 Å². The summed E-state index contributed by atoms with van der Waals surface area (Å²) in [4.78, 5) is 20.5. The predicted molar refractivity (Wildman–Crippen MR) is 85.2 cm³/mol. The van der Waals surface area contributed by atoms with Crippen molar-refractivity contribution in [3.05, 3.63) is 44.7 Å². The molecule has 0 aliphatic rings. The minimum absolute atomic E-state index is 0.231. The van der Waals surface area contributed by atoms with E-state index in [4.69, 9.17) is 4.74 Å². The first kappa shape index (κ1) is 14.7. The Hall–Kier alpha value is -1.70. The largest absolute Gasteiger partial charge is 0.481 e. The second-order valence-corrected chi connectivity index (χ2v) is 5.34. The number of ether oxygens (including phenoxy) is 1. The molecule has 1 N–H and O–H groups in total. The Morgan fingerprint density at radius 3 is 2.75 bits per heavy atom. The predicted octanol–water partition coefficient (Wildman–Crippen LogP) is 2.96. The molecule has 2 rings (SSSR count). The van der Waals surface area contributed by atoms with Gasteiger partial charge in [-0.1, -0.05) is 12.1 Å². The first-order valence-corrected chi connectivity index (χ1v) is 7.05. The molecule has 0 radical (unpaired) electrons. The molecule has 5 nitrogen and oxygen atoms in total. The highest BCUT2D eigenvalue weighted by Crippen LogP contribution is 2.18. The van der Waals surface area contributed by atoms with Crippen LogP contribution in [0.3, 0.4) is 0 Å². The summed E-state index contributed by atoms with van der Waals surface area (Å²) in [6.07, 6.45) is 0. The van der Waals surface area contributed by atoms with Gasteiger partial charge in [-0.2, -0.15) is 4.98 Å². The molecular weight excluding hydrogens is 369 g/mol. The number of hydrogen-bond acceptors (Lipinski definition) is 4. The summed E-state index contributed by atoms with van der Waals surface area (Å²) in [6, 6.07) is 7.29. The molecule has 6 heteroatoms. The maximum absolute atomic E-state index is 12.3. The molecule has 1 amide bonds. The molecule has 0 saturated heterocycles. The molecule has 104 valence electrons. The summed E-state index contributed by atoms with van der Waals surface area (Å²) in [6.45, 7) is 3.78. The lowest BCUT2D eigenvalue weighted by Crippen LogP contribution is -2.16. The first-order valence-electron chi connectivity index (χ1n) is 5.97. The van der Waals surface area contributed by atoms with Crippen LogP contribution in [-0.4, -0.2) is 23.0 Å². The highest BCUT2D eigenvalue weighted by Gasteiger charge is 2.13. The van der Waals surface area contributed by atoms with Crippen LogP contribution < -0.4 is 10.1 Å². The van der Waals surface area contributed by atoms with Crippen molar-refractivity contribution in [3.63, 3.8) is 0 Å². The summed E-state index contributed by atoms with van der Waals surface area (Å²) in [7, 11) is 1.52. The van der Waals surface area contributed by atoms with Crippen LogP contribution in [0.4, 0.5) is 5.95 Å². The van der Waals surface area contributed by atoms with E-state index in [1.165, 1.54) is 7.11 Å². The zero-order valence-corrected chi connectivity index (χ0v) is 13.6. The van der Waals surface area contributed by atoms with E-state index >= 15 is 0 Å². The lowest BCUT2D eigenvalue weighted by atomic mass is 10.1. The molecule has 1 heterocycles. The van der Waals surface area contributed by atoms with Crippen molar-refractivity contribution in [2.45, 2.75) is 13.8 Å². The van der Waals surface area contributed by atoms with Crippen molar-refractivity contribution < 1.29 is 9.53 Å². The normalized spacial score (nSPS) is 10.2. The van der Waals surface area contributed by atoms with Gasteiger partial charge in [-0.3, -0.25) is 10.1 Å². The molecule has 0 unspecified atom stereocenters. The summed E-state index contributed by atoms with van der Waals surface area (Å²) < 4.78 is 5.98. The number of carbonyl (C=O) groups is 1. The molecular formula is C14H14IN3O2. The van der Waals surface area contributed by atoms with E-state index in [1.54, 1.807) is 12.1 Å². The van der Waals surface area contributed by atoms with Crippen LogP contribution in [0.25, 0.3) is 0 Å². The average molecular weight is 383 g/mol. The van der Waals surface area contributed by atoms with Crippen molar-refractivity contribution >= 4 is 34.4 Å². The Bertz CT molecular complexity index is 659. The minimum Gasteiger partial charge on any atom is -0.481 e. The van der Waals surface area contributed by atoms with Gasteiger partial charge in [0.05, 0.1) is 12.7 Å². The van der Waals surface area contributed by atoms with Gasteiger partial charge in [0, 0.05) is 15.3 Å². The van der Waals surface area contributed by atoms with Crippen molar-refractivity contribution in [1.82, 2.24) is 9.97 Å². The Morgan fingerprint density at radius 1 is 1.30 bits per heavy atom. The smallest absolute Gasteiger partial charge is 0.259 e. The molecule has 0 aliphatic carbocycles. The number of hydrogen-bond donors (Lipinski definition) is 1. The molecule has 0 saturated carbocycles. The monoisotopic (exact) mass is 383 g/mol. The third kappa shape index (κ3) is 3.24. The zero-order chi connectivity index (χ0) is 14.7. The Kier molecular flexibility index (Phi) is 4.53. The van der Waals surface area contributed by atoms with Gasteiger partial charge in [0.15, 0.2) is 0 Å². The van der Waals surface area contributed by atoms with Crippen LogP contribution in [0.1, 0.15) is 21.6 Å². The summed E-state index contributed by atoms with van der Waals surface area (Å²) in [5, 5.41) is 2.70. The van der Waals surface area contributed by atoms with Crippen LogP contribution in [0.2, 0.25) is 0 Å². The van der Waals surface area contributed by atoms with Crippen LogP contribution in [0.5, 0.6) is 5.88 Å². The molecule has 2 aromatic rings. The third-order valence-electron chi connectivity index (χ3n) is 2.70. The number of amides is 1. The average Bonchev–Trinajstić information content (AvgIpc) is 2.41. The van der Waals surface area contributed by atoms with Gasteiger partial charge >= 0.3 is 0 Å². The maximum Gasteiger partial charge on any atom is 0.259 e. The molecule has 0 atom stereocenters. The van der Waals surface area contributed by atoms with Gasteiger partial charge in [0.1, 0.15) is 0 Å². The summed E-state index contributed by atoms with van der Waals surface area (Å²) in [5.41, 5.74) is 2.39. The number of benzene rings is 1. The number of methoxy groups -OCH3 is 1. The van der Waals surface area contributed by atoms with E-state index in [-0.39, 0.29) is 11.9 Å². The molecule has 20 heavy (non-hydrogen) atoms. The zero-order valence-electron chi connectivity index (χ0n) is 11.4. The van der Waals surface area contributed by atoms with Crippen molar-refractivity contribution in [2.24, 2.45) is 0 Å². The van der Waals surface area contributed by atoms with E-state index < -0.39 is 0 Å². The highest BCUT2D eigenvalue weighted by atomic mass is 127. The fourth-order valence-electron chi connectivity index (χ4n) is 1.69. The molecule has 0 aliphatic heterocycles. The van der Waals surface area contributed by atoms with Gasteiger partial charge in [-0.05, 0) is 48.1 Å². The standard InChI is InChI=1S/C14H14IN3O2/c1-8-5-4-6-10(12(8)15)13(19)18-14-16-9(2)7-11(17-14)20-3/h4-7H,1-3H3,(H,16,17,18,19). The third-order valence-corrected chi connectivity index (χ3v) is 4.13. The number of nitrogens with zero attached hydrogens (tertiary/aromatic N) is 2. The van der Waals surface area contributed by atoms with Crippen molar-refractivity contribution in [1.29, 1.82) is 0 Å². The molecule has 0 fully saturated rings. The van der Waals surface area contributed by atoms with Gasteiger partial charge in [0.25, 0.3) is 5.91 Å². The SMILES string of the molecule is COc1cc(C)nc(NC(=O)c2cccc(C)c2I)n1. The lowest BCUT2D eigenvalue weighted by Gasteiger charge is -2.09. The first-order chi connectivity index (χ1) is 9.51. The number of nitrogens with one attached hydrogen (secondary N) is 1. The lowest BCUT2D eigenvalue weighted by molar-refractivity contribution is 0.102. The molecule has 1 aromatic carbocycles. The van der Waals surface area contributed by atoms with Gasteiger partial charge < -0.3 is 4.74 Å². The Labute approximate surface area is 130 Å². The minimum atomic E-state index is -0.231. The Balaban J connectivity index is 2.28. The number of halogens is 1. The highest BCUT2D eigenvalue weighted by molar-refractivity contribution is 14.1. The van der Waals surface area contributed by atoms with Crippen LogP contribution >= 0.6 is 22.6 Å². The van der Waals surface area contributed by atoms with Crippen molar-refractivity contribution in [3.8, 4) is 5.88 Å². The van der Waals surface area contributed by atoms with E-state index in [2.05, 4.69) is 37.9 Å². The molecule has 0 bridgehead atoms. The van der Waals surface area contributed by atoms with E-state index in [0.29, 0.717) is 11.4 Å². The fraction of sp³-hybridized carbons (Fsp3) is 0.214. The second kappa shape index (κ2) is 6.17. The van der Waals surface area contributed by atoms with Crippen LogP contribution in [0, 0.1) is 17.4 Å². The van der Waals surface area contributed by atoms with E-state index in [1.807, 2.05) is 26.0 Å². The number of rotatable bonds is 3. The number of aromatic nitrogens is 2. The topological polar surface area (TPSA) is 64.1 Å². The van der Waals surface area contributed by atoms with Gasteiger partial charge in [-0.15, -0.1) is 0 Å². The second-order valence-electron chi connectivity index (χ2n) is 4.27. The van der Waals surface area contributed by atoms with Crippen LogP contribution in [0.15, 0.2) is 24.3 Å². The number of aryl methyl sites for hydroxylation is 2. The quantitative estimate of drug-likeness (QED) is 0.828. The van der Waals surface area contributed by atoms with Gasteiger partial charge in [0.2, 0.25) is 11.8 Å². The number of carbonyl (C=O) groups excluding carboxylic acids is 1. The summed E-state index contributed by atoms with van der Waals surface area (Å²) >= 11 is 2.16. The molecule has 1 aromatic heterocycles. The summed E-state index contributed by atoms with van der Waals surface area (Å²) in [5.74, 6) is 0.432. The fourth-order valence-corrected chi connectivity index (χ4v) is 2.30.